The Morgan fingerprint density at radius 1 is 0.682 bits per heavy atom. The van der Waals surface area contributed by atoms with Crippen LogP contribution in [0, 0.1) is 0 Å². The van der Waals surface area contributed by atoms with E-state index in [1.165, 1.54) is 25.7 Å². The molecule has 0 amide bonds. The Kier molecular flexibility index (Phi) is 8.07. The molecular formula is C21H30Sn. The first-order valence-corrected chi connectivity index (χ1v) is 15.5. The maximum absolute atomic E-state index is 2.36. The van der Waals surface area contributed by atoms with E-state index in [0.29, 0.717) is 0 Å². The van der Waals surface area contributed by atoms with Gasteiger partial charge in [0, 0.05) is 0 Å². The average molecular weight is 401 g/mol. The van der Waals surface area contributed by atoms with Crippen LogP contribution in [0.4, 0.5) is 0 Å². The van der Waals surface area contributed by atoms with Crippen LogP contribution in [-0.4, -0.2) is 19.8 Å². The molecule has 2 aromatic rings. The van der Waals surface area contributed by atoms with Crippen molar-refractivity contribution < 1.29 is 0 Å². The van der Waals surface area contributed by atoms with Crippen LogP contribution in [0.2, 0.25) is 8.87 Å². The Balaban J connectivity index is 2.32. The number of rotatable bonds is 9. The van der Waals surface area contributed by atoms with Crippen molar-refractivity contribution in [2.24, 2.45) is 0 Å². The molecule has 0 aliphatic carbocycles. The van der Waals surface area contributed by atoms with Gasteiger partial charge in [0.25, 0.3) is 0 Å². The van der Waals surface area contributed by atoms with E-state index in [-0.39, 0.29) is 0 Å². The Bertz CT molecular complexity index is 458. The molecule has 0 spiro atoms. The minimum atomic E-state index is -1.65. The van der Waals surface area contributed by atoms with Crippen molar-refractivity contribution in [3.63, 3.8) is 0 Å². The summed E-state index contributed by atoms with van der Waals surface area (Å²) in [6, 6.07) is 22.6. The van der Waals surface area contributed by atoms with Crippen molar-refractivity contribution in [1.82, 2.24) is 0 Å². The summed E-state index contributed by atoms with van der Waals surface area (Å²) in [5.41, 5.74) is 3.14. The SMILES string of the molecule is CCC[CH2][SnH]([CH2]CCC)[CH](c1ccccc1)c1ccccc1. The topological polar surface area (TPSA) is 0 Å². The van der Waals surface area contributed by atoms with Gasteiger partial charge < -0.3 is 0 Å². The fraction of sp³-hybridized carbons (Fsp3) is 0.429. The third-order valence-electron chi connectivity index (χ3n) is 4.65. The van der Waals surface area contributed by atoms with Gasteiger partial charge in [0.2, 0.25) is 0 Å². The van der Waals surface area contributed by atoms with Gasteiger partial charge in [-0.15, -0.1) is 0 Å². The Morgan fingerprint density at radius 2 is 1.09 bits per heavy atom. The van der Waals surface area contributed by atoms with Crippen molar-refractivity contribution in [2.45, 2.75) is 52.3 Å². The van der Waals surface area contributed by atoms with Crippen LogP contribution >= 0.6 is 0 Å². The second-order valence-corrected chi connectivity index (χ2v) is 15.9. The summed E-state index contributed by atoms with van der Waals surface area (Å²) in [5.74, 6) is 0. The zero-order valence-corrected chi connectivity index (χ0v) is 17.5. The van der Waals surface area contributed by atoms with Crippen molar-refractivity contribution in [1.29, 1.82) is 0 Å². The summed E-state index contributed by atoms with van der Waals surface area (Å²) >= 11 is -1.65. The van der Waals surface area contributed by atoms with Gasteiger partial charge in [-0.3, -0.25) is 0 Å². The molecule has 118 valence electrons. The molecule has 0 atom stereocenters. The van der Waals surface area contributed by atoms with E-state index in [1.54, 1.807) is 20.0 Å². The van der Waals surface area contributed by atoms with Gasteiger partial charge in [0.05, 0.1) is 0 Å². The predicted octanol–water partition coefficient (Wildman–Crippen LogP) is 6.19. The number of benzene rings is 2. The molecule has 0 bridgehead atoms. The van der Waals surface area contributed by atoms with E-state index in [2.05, 4.69) is 74.5 Å². The van der Waals surface area contributed by atoms with E-state index in [1.807, 2.05) is 0 Å². The van der Waals surface area contributed by atoms with Gasteiger partial charge in [-0.05, 0) is 0 Å². The summed E-state index contributed by atoms with van der Waals surface area (Å²) in [5, 5.41) is 0. The molecule has 0 saturated heterocycles. The van der Waals surface area contributed by atoms with Crippen LogP contribution in [-0.2, 0) is 0 Å². The van der Waals surface area contributed by atoms with Crippen molar-refractivity contribution in [2.75, 3.05) is 0 Å². The fourth-order valence-electron chi connectivity index (χ4n) is 3.47. The molecule has 1 heteroatoms. The molecule has 0 saturated carbocycles. The van der Waals surface area contributed by atoms with Gasteiger partial charge in [0.1, 0.15) is 0 Å². The van der Waals surface area contributed by atoms with Crippen LogP contribution in [0.5, 0.6) is 0 Å². The van der Waals surface area contributed by atoms with Gasteiger partial charge in [-0.1, -0.05) is 0 Å². The van der Waals surface area contributed by atoms with Gasteiger partial charge in [-0.25, -0.2) is 0 Å². The van der Waals surface area contributed by atoms with Crippen LogP contribution in [0.1, 0.15) is 54.6 Å². The molecule has 0 heterocycles. The predicted molar refractivity (Wildman–Crippen MR) is 101 cm³/mol. The summed E-state index contributed by atoms with van der Waals surface area (Å²) in [7, 11) is 0. The molecule has 0 fully saturated rings. The average Bonchev–Trinajstić information content (AvgIpc) is 2.59. The van der Waals surface area contributed by atoms with E-state index < -0.39 is 19.8 Å². The normalized spacial score (nSPS) is 11.3. The summed E-state index contributed by atoms with van der Waals surface area (Å²) in [6.07, 6.45) is 5.55. The minimum absolute atomic E-state index is 0.752. The maximum atomic E-state index is 2.36. The van der Waals surface area contributed by atoms with E-state index in [4.69, 9.17) is 0 Å². The Labute approximate surface area is 143 Å². The molecule has 0 N–H and O–H groups in total. The zero-order chi connectivity index (χ0) is 15.6. The fourth-order valence-corrected chi connectivity index (χ4v) is 15.9. The second kappa shape index (κ2) is 10.1. The number of unbranched alkanes of at least 4 members (excludes halogenated alkanes) is 2. The van der Waals surface area contributed by atoms with Crippen molar-refractivity contribution in [3.05, 3.63) is 71.8 Å². The molecule has 0 aliphatic rings. The van der Waals surface area contributed by atoms with E-state index in [0.717, 1.165) is 3.93 Å². The van der Waals surface area contributed by atoms with E-state index in [9.17, 15) is 0 Å². The van der Waals surface area contributed by atoms with Crippen LogP contribution in [0.3, 0.4) is 0 Å². The van der Waals surface area contributed by atoms with Crippen molar-refractivity contribution >= 4 is 19.8 Å². The second-order valence-electron chi connectivity index (χ2n) is 6.34. The molecule has 0 unspecified atom stereocenters. The number of hydrogen-bond acceptors (Lipinski definition) is 0. The third-order valence-corrected chi connectivity index (χ3v) is 16.1. The van der Waals surface area contributed by atoms with Crippen molar-refractivity contribution in [3.8, 4) is 0 Å². The van der Waals surface area contributed by atoms with Crippen LogP contribution in [0.25, 0.3) is 0 Å². The van der Waals surface area contributed by atoms with Gasteiger partial charge in [0.15, 0.2) is 0 Å². The summed E-state index contributed by atoms with van der Waals surface area (Å²) in [6.45, 7) is 4.67. The van der Waals surface area contributed by atoms with Crippen LogP contribution in [0.15, 0.2) is 60.7 Å². The van der Waals surface area contributed by atoms with Crippen LogP contribution < -0.4 is 0 Å². The van der Waals surface area contributed by atoms with Gasteiger partial charge in [-0.2, -0.15) is 0 Å². The molecule has 2 rings (SSSR count). The molecule has 2 aromatic carbocycles. The number of hydrogen-bond donors (Lipinski definition) is 0. The molecule has 0 aliphatic heterocycles. The Hall–Kier alpha value is -0.761. The van der Waals surface area contributed by atoms with E-state index >= 15 is 0 Å². The molecule has 22 heavy (non-hydrogen) atoms. The standard InChI is InChI=1S/C13H11.2C4H9.Sn.H/c1-3-7-12(8-4-1)11-13-9-5-2-6-10-13;2*1-3-4-2;;/h1-11H;2*1,3-4H2,2H3;;. The summed E-state index contributed by atoms with van der Waals surface area (Å²) in [4.78, 5) is 0. The summed E-state index contributed by atoms with van der Waals surface area (Å²) < 4.78 is 3.85. The third kappa shape index (κ3) is 5.15. The Morgan fingerprint density at radius 3 is 1.45 bits per heavy atom. The van der Waals surface area contributed by atoms with Gasteiger partial charge >= 0.3 is 144 Å². The molecular weight excluding hydrogens is 371 g/mol. The first kappa shape index (κ1) is 17.6. The first-order valence-electron chi connectivity index (χ1n) is 8.96. The molecule has 0 aromatic heterocycles. The first-order chi connectivity index (χ1) is 10.9. The molecule has 0 radical (unpaired) electrons. The quantitative estimate of drug-likeness (QED) is 0.440. The monoisotopic (exact) mass is 402 g/mol. The zero-order valence-electron chi connectivity index (χ0n) is 14.2. The molecule has 0 nitrogen and oxygen atoms in total.